The van der Waals surface area contributed by atoms with Crippen LogP contribution >= 0.6 is 35.4 Å². The first-order valence-electron chi connectivity index (χ1n) is 9.35. The van der Waals surface area contributed by atoms with Crippen molar-refractivity contribution in [2.45, 2.75) is 13.0 Å². The molecule has 2 aromatic rings. The molecule has 1 aliphatic rings. The van der Waals surface area contributed by atoms with Crippen molar-refractivity contribution in [2.75, 3.05) is 14.1 Å². The van der Waals surface area contributed by atoms with E-state index in [4.69, 9.17) is 40.2 Å². The van der Waals surface area contributed by atoms with Gasteiger partial charge in [0.05, 0.1) is 0 Å². The average Bonchev–Trinajstić information content (AvgIpc) is 2.74. The maximum atomic E-state index is 12.5. The molecule has 2 amide bonds. The van der Waals surface area contributed by atoms with Gasteiger partial charge >= 0.3 is 0 Å². The zero-order chi connectivity index (χ0) is 22.7. The van der Waals surface area contributed by atoms with E-state index in [1.54, 1.807) is 50.5 Å². The molecule has 1 heterocycles. The van der Waals surface area contributed by atoms with Gasteiger partial charge in [-0.05, 0) is 60.1 Å². The first kappa shape index (κ1) is 23.0. The van der Waals surface area contributed by atoms with Crippen molar-refractivity contribution in [3.8, 4) is 5.75 Å². The van der Waals surface area contributed by atoms with Crippen molar-refractivity contribution in [3.63, 3.8) is 0 Å². The molecule has 0 unspecified atom stereocenters. The molecule has 8 heteroatoms. The van der Waals surface area contributed by atoms with Crippen molar-refractivity contribution in [2.24, 2.45) is 0 Å². The molecule has 0 N–H and O–H groups in total. The van der Waals surface area contributed by atoms with Gasteiger partial charge in [-0.15, -0.1) is 6.58 Å². The van der Waals surface area contributed by atoms with E-state index in [0.29, 0.717) is 27.8 Å². The van der Waals surface area contributed by atoms with E-state index in [1.807, 2.05) is 12.1 Å². The second kappa shape index (κ2) is 9.64. The van der Waals surface area contributed by atoms with Crippen molar-refractivity contribution < 1.29 is 14.3 Å². The standard InChI is InChI=1S/C23H20Cl2N2O3S/c1-4-5-15-10-14(11-18-21(28)26(2)23(31)27(3)22(18)29)6-9-20(15)30-13-16-7-8-17(24)12-19(16)25/h4,6-12H,1,5,13H2,2-3H3. The van der Waals surface area contributed by atoms with E-state index in [-0.39, 0.29) is 17.3 Å². The minimum Gasteiger partial charge on any atom is -0.489 e. The van der Waals surface area contributed by atoms with Gasteiger partial charge in [-0.2, -0.15) is 0 Å². The van der Waals surface area contributed by atoms with E-state index in [1.165, 1.54) is 9.80 Å². The van der Waals surface area contributed by atoms with Gasteiger partial charge in [-0.25, -0.2) is 0 Å². The normalized spacial score (nSPS) is 14.2. The Morgan fingerprint density at radius 1 is 1.03 bits per heavy atom. The third-order valence-corrected chi connectivity index (χ3v) is 5.94. The molecule has 3 rings (SSSR count). The van der Waals surface area contributed by atoms with Gasteiger partial charge in [0, 0.05) is 29.7 Å². The highest BCUT2D eigenvalue weighted by Gasteiger charge is 2.35. The summed E-state index contributed by atoms with van der Waals surface area (Å²) in [5, 5.41) is 1.26. The van der Waals surface area contributed by atoms with Gasteiger partial charge in [0.15, 0.2) is 5.11 Å². The third kappa shape index (κ3) is 4.98. The number of ether oxygens (including phenoxy) is 1. The number of likely N-dealkylation sites (N-methyl/N-ethyl adjacent to an activating group) is 2. The Morgan fingerprint density at radius 2 is 1.71 bits per heavy atom. The molecule has 160 valence electrons. The van der Waals surface area contributed by atoms with Crippen LogP contribution in [0.2, 0.25) is 10.0 Å². The Balaban J connectivity index is 1.88. The van der Waals surface area contributed by atoms with Crippen LogP contribution in [0.25, 0.3) is 6.08 Å². The number of rotatable bonds is 6. The van der Waals surface area contributed by atoms with E-state index in [2.05, 4.69) is 6.58 Å². The quantitative estimate of drug-likeness (QED) is 0.258. The molecule has 0 atom stereocenters. The fourth-order valence-electron chi connectivity index (χ4n) is 3.08. The summed E-state index contributed by atoms with van der Waals surface area (Å²) >= 11 is 17.3. The summed E-state index contributed by atoms with van der Waals surface area (Å²) in [6, 6.07) is 10.7. The molecular weight excluding hydrogens is 455 g/mol. The number of amides is 2. The van der Waals surface area contributed by atoms with Crippen LogP contribution in [0.4, 0.5) is 0 Å². The van der Waals surface area contributed by atoms with Crippen LogP contribution in [-0.2, 0) is 22.6 Å². The summed E-state index contributed by atoms with van der Waals surface area (Å²) in [7, 11) is 3.09. The summed E-state index contributed by atoms with van der Waals surface area (Å²) < 4.78 is 5.97. The van der Waals surface area contributed by atoms with E-state index in [0.717, 1.165) is 11.1 Å². The highest BCUT2D eigenvalue weighted by atomic mass is 35.5. The topological polar surface area (TPSA) is 49.9 Å². The Kier molecular flexibility index (Phi) is 7.15. The van der Waals surface area contributed by atoms with Crippen molar-refractivity contribution in [1.82, 2.24) is 9.80 Å². The minimum absolute atomic E-state index is 0.0461. The molecular formula is C23H20Cl2N2O3S. The lowest BCUT2D eigenvalue weighted by atomic mass is 10.0. The largest absolute Gasteiger partial charge is 0.489 e. The minimum atomic E-state index is -0.434. The number of hydrogen-bond donors (Lipinski definition) is 0. The molecule has 0 radical (unpaired) electrons. The predicted octanol–water partition coefficient (Wildman–Crippen LogP) is 4.90. The smallest absolute Gasteiger partial charge is 0.265 e. The first-order valence-corrected chi connectivity index (χ1v) is 10.5. The molecule has 0 saturated carbocycles. The third-order valence-electron chi connectivity index (χ3n) is 4.80. The van der Waals surface area contributed by atoms with Crippen LogP contribution in [0.3, 0.4) is 0 Å². The van der Waals surface area contributed by atoms with Gasteiger partial charge in [0.25, 0.3) is 11.8 Å². The molecule has 0 aromatic heterocycles. The number of hydrogen-bond acceptors (Lipinski definition) is 4. The van der Waals surface area contributed by atoms with Gasteiger partial charge in [-0.3, -0.25) is 19.4 Å². The fourth-order valence-corrected chi connectivity index (χ4v) is 3.71. The molecule has 1 saturated heterocycles. The Bertz CT molecular complexity index is 1090. The van der Waals surface area contributed by atoms with Crippen molar-refractivity contribution in [3.05, 3.63) is 81.4 Å². The molecule has 0 bridgehead atoms. The fraction of sp³-hybridized carbons (Fsp3) is 0.174. The molecule has 1 fully saturated rings. The number of allylic oxidation sites excluding steroid dienone is 1. The summed E-state index contributed by atoms with van der Waals surface area (Å²) in [6.45, 7) is 4.06. The van der Waals surface area contributed by atoms with Crippen molar-refractivity contribution >= 4 is 58.4 Å². The lowest BCUT2D eigenvalue weighted by Gasteiger charge is -2.31. The van der Waals surface area contributed by atoms with E-state index >= 15 is 0 Å². The van der Waals surface area contributed by atoms with Crippen LogP contribution in [0.5, 0.6) is 5.75 Å². The number of carbonyl (C=O) groups is 2. The summed E-state index contributed by atoms with van der Waals surface area (Å²) in [4.78, 5) is 27.7. The lowest BCUT2D eigenvalue weighted by Crippen LogP contribution is -2.52. The number of halogens is 2. The molecule has 31 heavy (non-hydrogen) atoms. The number of nitrogens with zero attached hydrogens (tertiary/aromatic N) is 2. The molecule has 2 aromatic carbocycles. The van der Waals surface area contributed by atoms with Gasteiger partial charge in [0.2, 0.25) is 0 Å². The molecule has 5 nitrogen and oxygen atoms in total. The number of carbonyl (C=O) groups excluding carboxylic acids is 2. The maximum absolute atomic E-state index is 12.5. The van der Waals surface area contributed by atoms with E-state index < -0.39 is 11.8 Å². The number of thiocarbonyl (C=S) groups is 1. The summed E-state index contributed by atoms with van der Waals surface area (Å²) in [5.41, 5.74) is 2.41. The number of benzene rings is 2. The molecule has 0 aliphatic carbocycles. The second-order valence-corrected chi connectivity index (χ2v) is 8.16. The van der Waals surface area contributed by atoms with Gasteiger partial charge in [-0.1, -0.05) is 41.4 Å². The maximum Gasteiger partial charge on any atom is 0.265 e. The monoisotopic (exact) mass is 474 g/mol. The highest BCUT2D eigenvalue weighted by Crippen LogP contribution is 2.27. The SMILES string of the molecule is C=CCc1cc(C=C2C(=O)N(C)C(=S)N(C)C2=O)ccc1OCc1ccc(Cl)cc1Cl. The summed E-state index contributed by atoms with van der Waals surface area (Å²) in [5.74, 6) is -0.211. The first-order chi connectivity index (χ1) is 14.7. The van der Waals surface area contributed by atoms with E-state index in [9.17, 15) is 9.59 Å². The van der Waals surface area contributed by atoms with Gasteiger partial charge in [0.1, 0.15) is 17.9 Å². The Morgan fingerprint density at radius 3 is 2.32 bits per heavy atom. The van der Waals surface area contributed by atoms with Crippen LogP contribution in [0, 0.1) is 0 Å². The highest BCUT2D eigenvalue weighted by molar-refractivity contribution is 7.80. The second-order valence-electron chi connectivity index (χ2n) is 6.95. The Hall–Kier alpha value is -2.67. The zero-order valence-electron chi connectivity index (χ0n) is 17.0. The van der Waals surface area contributed by atoms with Gasteiger partial charge < -0.3 is 4.74 Å². The molecule has 1 aliphatic heterocycles. The van der Waals surface area contributed by atoms with Crippen LogP contribution < -0.4 is 4.74 Å². The molecule has 0 spiro atoms. The predicted molar refractivity (Wildman–Crippen MR) is 127 cm³/mol. The van der Waals surface area contributed by atoms with Crippen LogP contribution in [0.1, 0.15) is 16.7 Å². The zero-order valence-corrected chi connectivity index (χ0v) is 19.4. The van der Waals surface area contributed by atoms with Crippen molar-refractivity contribution in [1.29, 1.82) is 0 Å². The Labute approximate surface area is 196 Å². The lowest BCUT2D eigenvalue weighted by molar-refractivity contribution is -0.132. The summed E-state index contributed by atoms with van der Waals surface area (Å²) in [6.07, 6.45) is 3.86. The average molecular weight is 475 g/mol. The van der Waals surface area contributed by atoms with Crippen LogP contribution in [-0.4, -0.2) is 40.8 Å². The van der Waals surface area contributed by atoms with Crippen LogP contribution in [0.15, 0.2) is 54.6 Å².